The largest absolute Gasteiger partial charge is 0.465 e. The van der Waals surface area contributed by atoms with Crippen molar-refractivity contribution in [2.75, 3.05) is 19.1 Å². The molecule has 5 nitrogen and oxygen atoms in total. The Morgan fingerprint density at radius 2 is 1.71 bits per heavy atom. The second kappa shape index (κ2) is 7.70. The van der Waals surface area contributed by atoms with Gasteiger partial charge in [0.05, 0.1) is 18.4 Å². The van der Waals surface area contributed by atoms with Gasteiger partial charge in [0, 0.05) is 12.6 Å². The van der Waals surface area contributed by atoms with E-state index in [9.17, 15) is 9.59 Å². The highest BCUT2D eigenvalue weighted by atomic mass is 32.1. The molecule has 2 aromatic rings. The van der Waals surface area contributed by atoms with E-state index in [1.807, 2.05) is 19.1 Å². The summed E-state index contributed by atoms with van der Waals surface area (Å²) in [5.41, 5.74) is 2.50. The second-order valence-electron chi connectivity index (χ2n) is 5.19. The number of carbonyl (C=O) groups excluding carboxylic acids is 2. The molecule has 0 spiro atoms. The van der Waals surface area contributed by atoms with Gasteiger partial charge in [-0.3, -0.25) is 10.1 Å². The highest BCUT2D eigenvalue weighted by molar-refractivity contribution is 7.80. The molecular weight excluding hydrogens is 324 g/mol. The van der Waals surface area contributed by atoms with Crippen LogP contribution in [0.1, 0.15) is 26.3 Å². The van der Waals surface area contributed by atoms with Crippen molar-refractivity contribution in [3.8, 4) is 0 Å². The number of benzene rings is 2. The van der Waals surface area contributed by atoms with Crippen LogP contribution >= 0.6 is 12.2 Å². The van der Waals surface area contributed by atoms with Crippen molar-refractivity contribution >= 4 is 34.9 Å². The van der Waals surface area contributed by atoms with E-state index in [-0.39, 0.29) is 11.0 Å². The molecule has 0 saturated carbocycles. The number of thiocarbonyl (C=S) groups is 1. The maximum Gasteiger partial charge on any atom is 0.339 e. The van der Waals surface area contributed by atoms with E-state index in [4.69, 9.17) is 17.0 Å². The smallest absolute Gasteiger partial charge is 0.339 e. The van der Waals surface area contributed by atoms with Gasteiger partial charge in [-0.2, -0.15) is 0 Å². The number of hydrogen-bond acceptors (Lipinski definition) is 4. The van der Waals surface area contributed by atoms with Gasteiger partial charge in [-0.1, -0.05) is 29.8 Å². The maximum absolute atomic E-state index is 12.3. The van der Waals surface area contributed by atoms with Crippen molar-refractivity contribution in [3.63, 3.8) is 0 Å². The Hall–Kier alpha value is -2.73. The molecular formula is C18H18N2O3S. The van der Waals surface area contributed by atoms with Gasteiger partial charge in [-0.05, 0) is 43.4 Å². The molecule has 0 bridgehead atoms. The number of ether oxygens (including phenoxy) is 1. The van der Waals surface area contributed by atoms with Gasteiger partial charge in [0.1, 0.15) is 0 Å². The molecule has 6 heteroatoms. The second-order valence-corrected chi connectivity index (χ2v) is 5.58. The van der Waals surface area contributed by atoms with Gasteiger partial charge >= 0.3 is 5.97 Å². The van der Waals surface area contributed by atoms with Gasteiger partial charge < -0.3 is 9.64 Å². The van der Waals surface area contributed by atoms with Crippen LogP contribution in [-0.4, -0.2) is 31.1 Å². The first-order valence-corrected chi connectivity index (χ1v) is 7.68. The van der Waals surface area contributed by atoms with Crippen LogP contribution in [0.25, 0.3) is 0 Å². The third-order valence-electron chi connectivity index (χ3n) is 3.51. The molecule has 1 amide bonds. The highest BCUT2D eigenvalue weighted by Crippen LogP contribution is 2.20. The molecule has 2 rings (SSSR count). The first-order chi connectivity index (χ1) is 11.4. The first kappa shape index (κ1) is 17.6. The minimum Gasteiger partial charge on any atom is -0.465 e. The summed E-state index contributed by atoms with van der Waals surface area (Å²) in [7, 11) is 3.00. The molecule has 0 saturated heterocycles. The number of esters is 1. The summed E-state index contributed by atoms with van der Waals surface area (Å²) in [5.74, 6) is -0.771. The summed E-state index contributed by atoms with van der Waals surface area (Å²) in [4.78, 5) is 25.7. The van der Waals surface area contributed by atoms with Gasteiger partial charge in [0.2, 0.25) is 0 Å². The molecule has 0 aliphatic carbocycles. The van der Waals surface area contributed by atoms with E-state index in [0.717, 1.165) is 5.56 Å². The fourth-order valence-electron chi connectivity index (χ4n) is 2.12. The highest BCUT2D eigenvalue weighted by Gasteiger charge is 2.18. The Morgan fingerprint density at radius 1 is 1.08 bits per heavy atom. The zero-order chi connectivity index (χ0) is 17.7. The molecule has 124 valence electrons. The quantitative estimate of drug-likeness (QED) is 0.686. The average molecular weight is 342 g/mol. The molecule has 0 radical (unpaired) electrons. The Morgan fingerprint density at radius 3 is 2.33 bits per heavy atom. The van der Waals surface area contributed by atoms with Gasteiger partial charge in [-0.25, -0.2) is 4.79 Å². The minimum atomic E-state index is -0.467. The zero-order valence-corrected chi connectivity index (χ0v) is 14.5. The van der Waals surface area contributed by atoms with Gasteiger partial charge in [-0.15, -0.1) is 0 Å². The van der Waals surface area contributed by atoms with E-state index >= 15 is 0 Å². The molecule has 1 N–H and O–H groups in total. The van der Waals surface area contributed by atoms with E-state index in [1.165, 1.54) is 7.11 Å². The molecule has 0 heterocycles. The lowest BCUT2D eigenvalue weighted by molar-refractivity contribution is 0.0601. The Bertz CT molecular complexity index is 772. The fraction of sp³-hybridized carbons (Fsp3) is 0.167. The van der Waals surface area contributed by atoms with Crippen molar-refractivity contribution in [3.05, 3.63) is 65.2 Å². The lowest BCUT2D eigenvalue weighted by Gasteiger charge is -2.22. The van der Waals surface area contributed by atoms with Crippen molar-refractivity contribution in [2.45, 2.75) is 6.92 Å². The summed E-state index contributed by atoms with van der Waals surface area (Å²) in [5, 5.41) is 2.86. The number of nitrogens with one attached hydrogen (secondary N) is 1. The summed E-state index contributed by atoms with van der Waals surface area (Å²) in [6.07, 6.45) is 0. The zero-order valence-electron chi connectivity index (χ0n) is 13.7. The summed E-state index contributed by atoms with van der Waals surface area (Å²) in [6, 6.07) is 14.1. The van der Waals surface area contributed by atoms with Crippen LogP contribution in [0.3, 0.4) is 0 Å². The number of methoxy groups -OCH3 is 1. The van der Waals surface area contributed by atoms with Crippen LogP contribution in [0.4, 0.5) is 5.69 Å². The number of anilines is 1. The molecule has 0 aliphatic rings. The van der Waals surface area contributed by atoms with Crippen molar-refractivity contribution < 1.29 is 14.3 Å². The maximum atomic E-state index is 12.3. The van der Waals surface area contributed by atoms with Crippen LogP contribution in [0.2, 0.25) is 0 Å². The predicted molar refractivity (Wildman–Crippen MR) is 97.4 cm³/mol. The van der Waals surface area contributed by atoms with Crippen LogP contribution < -0.4 is 10.2 Å². The van der Waals surface area contributed by atoms with Crippen LogP contribution in [0.15, 0.2) is 48.5 Å². The molecule has 0 atom stereocenters. The van der Waals surface area contributed by atoms with Gasteiger partial charge in [0.25, 0.3) is 5.91 Å². The van der Waals surface area contributed by atoms with Crippen LogP contribution in [-0.2, 0) is 4.74 Å². The number of amides is 1. The average Bonchev–Trinajstić information content (AvgIpc) is 2.60. The SMILES string of the molecule is COC(=O)c1ccccc1N(C)C(=S)NC(=O)c1ccc(C)cc1. The molecule has 0 aromatic heterocycles. The van der Waals surface area contributed by atoms with E-state index in [0.29, 0.717) is 16.8 Å². The predicted octanol–water partition coefficient (Wildman–Crippen LogP) is 2.93. The molecule has 0 aliphatic heterocycles. The Balaban J connectivity index is 2.17. The lowest BCUT2D eigenvalue weighted by atomic mass is 10.1. The van der Waals surface area contributed by atoms with E-state index in [1.54, 1.807) is 48.3 Å². The number of rotatable bonds is 3. The number of para-hydroxylation sites is 1. The molecule has 0 unspecified atom stereocenters. The summed E-state index contributed by atoms with van der Waals surface area (Å²) >= 11 is 5.29. The third kappa shape index (κ3) is 3.97. The molecule has 2 aromatic carbocycles. The molecule has 24 heavy (non-hydrogen) atoms. The summed E-state index contributed by atoms with van der Waals surface area (Å²) in [6.45, 7) is 1.95. The minimum absolute atomic E-state index is 0.192. The lowest BCUT2D eigenvalue weighted by Crippen LogP contribution is -2.41. The number of carbonyl (C=O) groups is 2. The normalized spacial score (nSPS) is 9.96. The van der Waals surface area contributed by atoms with Crippen molar-refractivity contribution in [2.24, 2.45) is 0 Å². The van der Waals surface area contributed by atoms with Crippen LogP contribution in [0.5, 0.6) is 0 Å². The Labute approximate surface area is 146 Å². The van der Waals surface area contributed by atoms with Gasteiger partial charge in [0.15, 0.2) is 5.11 Å². The van der Waals surface area contributed by atoms with Crippen molar-refractivity contribution in [1.29, 1.82) is 0 Å². The number of nitrogens with zero attached hydrogens (tertiary/aromatic N) is 1. The monoisotopic (exact) mass is 342 g/mol. The standard InChI is InChI=1S/C18H18N2O3S/c1-12-8-10-13(11-9-12)16(21)19-18(24)20(2)15-7-5-4-6-14(15)17(22)23-3/h4-11H,1-3H3,(H,19,21,24). The third-order valence-corrected chi connectivity index (χ3v) is 3.89. The fourth-order valence-corrected chi connectivity index (χ4v) is 2.31. The number of aryl methyl sites for hydroxylation is 1. The van der Waals surface area contributed by atoms with E-state index in [2.05, 4.69) is 5.32 Å². The number of hydrogen-bond donors (Lipinski definition) is 1. The topological polar surface area (TPSA) is 58.6 Å². The van der Waals surface area contributed by atoms with Crippen molar-refractivity contribution in [1.82, 2.24) is 5.32 Å². The molecule has 0 fully saturated rings. The van der Waals surface area contributed by atoms with Crippen LogP contribution in [0, 0.1) is 6.92 Å². The van der Waals surface area contributed by atoms with E-state index < -0.39 is 5.97 Å². The first-order valence-electron chi connectivity index (χ1n) is 7.27. The Kier molecular flexibility index (Phi) is 5.65. The summed E-state index contributed by atoms with van der Waals surface area (Å²) < 4.78 is 4.77.